The molecule has 0 bridgehead atoms. The third-order valence-corrected chi connectivity index (χ3v) is 5.05. The number of rotatable bonds is 4. The molecule has 1 N–H and O–H groups in total. The molecule has 2 aromatic rings. The molecule has 2 rings (SSSR count). The molecular formula is C13H13Br2NOS. The van der Waals surface area contributed by atoms with Crippen molar-refractivity contribution in [1.82, 2.24) is 0 Å². The molecule has 96 valence electrons. The lowest BCUT2D eigenvalue weighted by Gasteiger charge is -2.14. The summed E-state index contributed by atoms with van der Waals surface area (Å²) in [5, 5.41) is 5.56. The number of ether oxygens (including phenoxy) is 1. The molecule has 0 saturated carbocycles. The second-order valence-corrected chi connectivity index (χ2v) is 6.60. The number of anilines is 1. The van der Waals surface area contributed by atoms with E-state index < -0.39 is 0 Å². The Morgan fingerprint density at radius 1 is 1.28 bits per heavy atom. The van der Waals surface area contributed by atoms with E-state index in [1.54, 1.807) is 18.4 Å². The molecule has 1 aromatic carbocycles. The van der Waals surface area contributed by atoms with E-state index in [4.69, 9.17) is 4.74 Å². The summed E-state index contributed by atoms with van der Waals surface area (Å²) < 4.78 is 7.30. The third kappa shape index (κ3) is 3.28. The molecular weight excluding hydrogens is 378 g/mol. The van der Waals surface area contributed by atoms with E-state index in [0.717, 1.165) is 20.4 Å². The van der Waals surface area contributed by atoms with Gasteiger partial charge in [-0.25, -0.2) is 0 Å². The summed E-state index contributed by atoms with van der Waals surface area (Å²) in [6.45, 7) is 2.15. The summed E-state index contributed by atoms with van der Waals surface area (Å²) in [7, 11) is 1.67. The summed E-state index contributed by atoms with van der Waals surface area (Å²) in [6.07, 6.45) is 0. The molecule has 0 aliphatic heterocycles. The SMILES string of the molecule is COc1ccc(NC(C)c2cc(Br)cs2)cc1Br. The highest BCUT2D eigenvalue weighted by Gasteiger charge is 2.09. The molecule has 0 saturated heterocycles. The lowest BCUT2D eigenvalue weighted by molar-refractivity contribution is 0.412. The Bertz CT molecular complexity index is 542. The number of hydrogen-bond acceptors (Lipinski definition) is 3. The monoisotopic (exact) mass is 389 g/mol. The number of halogens is 2. The van der Waals surface area contributed by atoms with Crippen LogP contribution in [0.25, 0.3) is 0 Å². The van der Waals surface area contributed by atoms with Gasteiger partial charge in [0.25, 0.3) is 0 Å². The number of hydrogen-bond donors (Lipinski definition) is 1. The maximum absolute atomic E-state index is 5.21. The molecule has 0 aliphatic rings. The highest BCUT2D eigenvalue weighted by atomic mass is 79.9. The van der Waals surface area contributed by atoms with Gasteiger partial charge >= 0.3 is 0 Å². The Morgan fingerprint density at radius 2 is 2.06 bits per heavy atom. The van der Waals surface area contributed by atoms with Gasteiger partial charge in [-0.15, -0.1) is 11.3 Å². The van der Waals surface area contributed by atoms with Gasteiger partial charge in [-0.05, 0) is 63.0 Å². The Kier molecular flexibility index (Phi) is 4.70. The lowest BCUT2D eigenvalue weighted by Crippen LogP contribution is -2.04. The van der Waals surface area contributed by atoms with Gasteiger partial charge in [-0.1, -0.05) is 0 Å². The Hall–Kier alpha value is -0.520. The number of methoxy groups -OCH3 is 1. The zero-order valence-electron chi connectivity index (χ0n) is 10.0. The summed E-state index contributed by atoms with van der Waals surface area (Å²) in [4.78, 5) is 1.30. The van der Waals surface area contributed by atoms with Crippen LogP contribution in [0, 0.1) is 0 Å². The highest BCUT2D eigenvalue weighted by molar-refractivity contribution is 9.10. The van der Waals surface area contributed by atoms with Crippen LogP contribution in [0.1, 0.15) is 17.8 Å². The minimum absolute atomic E-state index is 0.279. The topological polar surface area (TPSA) is 21.3 Å². The van der Waals surface area contributed by atoms with E-state index in [1.807, 2.05) is 18.2 Å². The highest BCUT2D eigenvalue weighted by Crippen LogP contribution is 2.31. The summed E-state index contributed by atoms with van der Waals surface area (Å²) in [5.41, 5.74) is 1.07. The molecule has 2 nitrogen and oxygen atoms in total. The van der Waals surface area contributed by atoms with Gasteiger partial charge in [-0.3, -0.25) is 0 Å². The quantitative estimate of drug-likeness (QED) is 0.748. The fourth-order valence-corrected chi connectivity index (χ4v) is 3.63. The van der Waals surface area contributed by atoms with Crippen molar-refractivity contribution >= 4 is 48.9 Å². The van der Waals surface area contributed by atoms with Crippen LogP contribution in [0.3, 0.4) is 0 Å². The lowest BCUT2D eigenvalue weighted by atomic mass is 10.2. The van der Waals surface area contributed by atoms with Crippen molar-refractivity contribution in [3.8, 4) is 5.75 Å². The van der Waals surface area contributed by atoms with Crippen molar-refractivity contribution in [3.63, 3.8) is 0 Å². The normalized spacial score (nSPS) is 12.2. The van der Waals surface area contributed by atoms with Crippen molar-refractivity contribution in [2.24, 2.45) is 0 Å². The zero-order chi connectivity index (χ0) is 13.1. The van der Waals surface area contributed by atoms with Crippen molar-refractivity contribution < 1.29 is 4.74 Å². The average molecular weight is 391 g/mol. The van der Waals surface area contributed by atoms with Crippen LogP contribution in [0.5, 0.6) is 5.75 Å². The van der Waals surface area contributed by atoms with E-state index in [1.165, 1.54) is 4.88 Å². The summed E-state index contributed by atoms with van der Waals surface area (Å²) in [5.74, 6) is 0.840. The summed E-state index contributed by atoms with van der Waals surface area (Å²) in [6, 6.07) is 8.41. The molecule has 18 heavy (non-hydrogen) atoms. The predicted octanol–water partition coefficient (Wildman–Crippen LogP) is 5.45. The third-order valence-electron chi connectivity index (χ3n) is 2.55. The Balaban J connectivity index is 2.12. The fraction of sp³-hybridized carbons (Fsp3) is 0.231. The first-order chi connectivity index (χ1) is 8.60. The van der Waals surface area contributed by atoms with E-state index in [9.17, 15) is 0 Å². The van der Waals surface area contributed by atoms with Crippen molar-refractivity contribution in [1.29, 1.82) is 0 Å². The second-order valence-electron chi connectivity index (χ2n) is 3.88. The zero-order valence-corrected chi connectivity index (χ0v) is 14.0. The smallest absolute Gasteiger partial charge is 0.133 e. The first kappa shape index (κ1) is 13.9. The molecule has 1 atom stereocenters. The van der Waals surface area contributed by atoms with Gasteiger partial charge in [0.1, 0.15) is 5.75 Å². The van der Waals surface area contributed by atoms with Crippen molar-refractivity contribution in [2.75, 3.05) is 12.4 Å². The van der Waals surface area contributed by atoms with E-state index in [2.05, 4.69) is 55.5 Å². The summed E-state index contributed by atoms with van der Waals surface area (Å²) >= 11 is 8.71. The average Bonchev–Trinajstić information content (AvgIpc) is 2.76. The van der Waals surface area contributed by atoms with E-state index in [-0.39, 0.29) is 6.04 Å². The van der Waals surface area contributed by atoms with Crippen LogP contribution in [-0.2, 0) is 0 Å². The molecule has 0 amide bonds. The molecule has 0 radical (unpaired) electrons. The maximum atomic E-state index is 5.21. The van der Waals surface area contributed by atoms with Gasteiger partial charge < -0.3 is 10.1 Å². The first-order valence-electron chi connectivity index (χ1n) is 5.44. The first-order valence-corrected chi connectivity index (χ1v) is 7.90. The molecule has 1 unspecified atom stereocenters. The van der Waals surface area contributed by atoms with Gasteiger partial charge in [-0.2, -0.15) is 0 Å². The predicted molar refractivity (Wildman–Crippen MR) is 84.8 cm³/mol. The van der Waals surface area contributed by atoms with E-state index in [0.29, 0.717) is 0 Å². The maximum Gasteiger partial charge on any atom is 0.133 e. The largest absolute Gasteiger partial charge is 0.496 e. The van der Waals surface area contributed by atoms with Gasteiger partial charge in [0.15, 0.2) is 0 Å². The number of nitrogens with one attached hydrogen (secondary N) is 1. The van der Waals surface area contributed by atoms with Crippen LogP contribution < -0.4 is 10.1 Å². The minimum Gasteiger partial charge on any atom is -0.496 e. The van der Waals surface area contributed by atoms with Gasteiger partial charge in [0.05, 0.1) is 17.6 Å². The van der Waals surface area contributed by atoms with E-state index >= 15 is 0 Å². The Morgan fingerprint density at radius 3 is 2.61 bits per heavy atom. The molecule has 5 heteroatoms. The Labute approximate surface area is 128 Å². The van der Waals surface area contributed by atoms with Crippen molar-refractivity contribution in [3.05, 3.63) is 43.5 Å². The van der Waals surface area contributed by atoms with Crippen LogP contribution in [0.2, 0.25) is 0 Å². The van der Waals surface area contributed by atoms with Crippen molar-refractivity contribution in [2.45, 2.75) is 13.0 Å². The number of benzene rings is 1. The molecule has 0 spiro atoms. The minimum atomic E-state index is 0.279. The molecule has 0 aliphatic carbocycles. The molecule has 1 aromatic heterocycles. The second kappa shape index (κ2) is 6.08. The van der Waals surface area contributed by atoms with Crippen LogP contribution in [0.4, 0.5) is 5.69 Å². The fourth-order valence-electron chi connectivity index (χ4n) is 1.63. The van der Waals surface area contributed by atoms with Crippen LogP contribution in [0.15, 0.2) is 38.6 Å². The molecule has 1 heterocycles. The van der Waals surface area contributed by atoms with Gasteiger partial charge in [0, 0.05) is 20.4 Å². The molecule has 0 fully saturated rings. The van der Waals surface area contributed by atoms with Gasteiger partial charge in [0.2, 0.25) is 0 Å². The van der Waals surface area contributed by atoms with Crippen LogP contribution >= 0.6 is 43.2 Å². The standard InChI is InChI=1S/C13H13Br2NOS/c1-8(13-5-9(14)7-18-13)16-10-3-4-12(17-2)11(15)6-10/h3-8,16H,1-2H3. The number of thiophene rings is 1. The van der Waals surface area contributed by atoms with Crippen LogP contribution in [-0.4, -0.2) is 7.11 Å².